The summed E-state index contributed by atoms with van der Waals surface area (Å²) in [5.41, 5.74) is 5.44. The van der Waals surface area contributed by atoms with Crippen molar-refractivity contribution >= 4 is 23.7 Å². The molecule has 2 N–H and O–H groups in total. The number of nitrogens with zero attached hydrogens (tertiary/aromatic N) is 2. The molecule has 0 aliphatic heterocycles. The second-order valence-corrected chi connectivity index (χ2v) is 5.57. The smallest absolute Gasteiger partial charge is 0.271 e. The van der Waals surface area contributed by atoms with E-state index >= 15 is 0 Å². The van der Waals surface area contributed by atoms with Crippen molar-refractivity contribution in [2.45, 2.75) is 0 Å². The standard InChI is InChI=1S/C18H15ClN4O2/c1-25-16-8-4-12(5-9-16)17-14(10-20-22-17)11-21-23-18(24)13-2-6-15(19)7-3-13/h2-11H,1H3,(H,20,22)(H,23,24). The highest BCUT2D eigenvalue weighted by molar-refractivity contribution is 6.30. The first-order valence-corrected chi connectivity index (χ1v) is 7.82. The van der Waals surface area contributed by atoms with Crippen LogP contribution in [-0.2, 0) is 0 Å². The van der Waals surface area contributed by atoms with Gasteiger partial charge < -0.3 is 4.74 Å². The Morgan fingerprint density at radius 1 is 1.20 bits per heavy atom. The Bertz CT molecular complexity index is 886. The van der Waals surface area contributed by atoms with Crippen LogP contribution < -0.4 is 10.2 Å². The number of hydrogen-bond donors (Lipinski definition) is 2. The van der Waals surface area contributed by atoms with Crippen molar-refractivity contribution in [2.75, 3.05) is 7.11 Å². The normalized spacial score (nSPS) is 10.8. The third-order valence-corrected chi connectivity index (χ3v) is 3.78. The highest BCUT2D eigenvalue weighted by Crippen LogP contribution is 2.22. The average Bonchev–Trinajstić information content (AvgIpc) is 3.11. The van der Waals surface area contributed by atoms with E-state index in [1.54, 1.807) is 37.6 Å². The van der Waals surface area contributed by atoms with Crippen LogP contribution in [0, 0.1) is 0 Å². The second kappa shape index (κ2) is 7.63. The first-order valence-electron chi connectivity index (χ1n) is 7.44. The van der Waals surface area contributed by atoms with Crippen molar-refractivity contribution in [3.8, 4) is 17.0 Å². The monoisotopic (exact) mass is 354 g/mol. The van der Waals surface area contributed by atoms with E-state index in [0.717, 1.165) is 22.6 Å². The van der Waals surface area contributed by atoms with Crippen LogP contribution in [0.25, 0.3) is 11.3 Å². The number of nitrogens with one attached hydrogen (secondary N) is 2. The minimum absolute atomic E-state index is 0.317. The number of amides is 1. The Balaban J connectivity index is 1.71. The maximum absolute atomic E-state index is 12.0. The van der Waals surface area contributed by atoms with Gasteiger partial charge in [-0.3, -0.25) is 9.89 Å². The Hall–Kier alpha value is -3.12. The molecule has 126 valence electrons. The Morgan fingerprint density at radius 3 is 2.60 bits per heavy atom. The number of hydrogen-bond acceptors (Lipinski definition) is 4. The molecular formula is C18H15ClN4O2. The number of halogens is 1. The van der Waals surface area contributed by atoms with Crippen LogP contribution in [0.1, 0.15) is 15.9 Å². The predicted molar refractivity (Wildman–Crippen MR) is 97.1 cm³/mol. The van der Waals surface area contributed by atoms with Crippen molar-refractivity contribution in [1.29, 1.82) is 0 Å². The molecule has 0 unspecified atom stereocenters. The predicted octanol–water partition coefficient (Wildman–Crippen LogP) is 3.50. The van der Waals surface area contributed by atoms with Crippen LogP contribution in [0.15, 0.2) is 59.8 Å². The quantitative estimate of drug-likeness (QED) is 0.543. The molecule has 3 aromatic rings. The molecule has 0 saturated heterocycles. The van der Waals surface area contributed by atoms with Crippen LogP contribution in [0.2, 0.25) is 5.02 Å². The molecular weight excluding hydrogens is 340 g/mol. The lowest BCUT2D eigenvalue weighted by Crippen LogP contribution is -2.17. The lowest BCUT2D eigenvalue weighted by molar-refractivity contribution is 0.0955. The molecule has 1 amide bonds. The molecule has 7 heteroatoms. The van der Waals surface area contributed by atoms with Crippen molar-refractivity contribution < 1.29 is 9.53 Å². The number of methoxy groups -OCH3 is 1. The van der Waals surface area contributed by atoms with Gasteiger partial charge in [0, 0.05) is 21.7 Å². The third kappa shape index (κ3) is 4.05. The minimum Gasteiger partial charge on any atom is -0.497 e. The number of H-pyrrole nitrogens is 1. The van der Waals surface area contributed by atoms with Gasteiger partial charge in [-0.15, -0.1) is 0 Å². The topological polar surface area (TPSA) is 79.4 Å². The van der Waals surface area contributed by atoms with E-state index in [4.69, 9.17) is 16.3 Å². The molecule has 0 radical (unpaired) electrons. The van der Waals surface area contributed by atoms with E-state index in [9.17, 15) is 4.79 Å². The lowest BCUT2D eigenvalue weighted by atomic mass is 10.1. The zero-order valence-corrected chi connectivity index (χ0v) is 14.1. The largest absolute Gasteiger partial charge is 0.497 e. The highest BCUT2D eigenvalue weighted by Gasteiger charge is 2.07. The second-order valence-electron chi connectivity index (χ2n) is 5.13. The zero-order valence-electron chi connectivity index (χ0n) is 13.4. The number of hydrazone groups is 1. The molecule has 1 heterocycles. The van der Waals surface area contributed by atoms with Gasteiger partial charge in [0.1, 0.15) is 5.75 Å². The summed E-state index contributed by atoms with van der Waals surface area (Å²) < 4.78 is 5.15. The van der Waals surface area contributed by atoms with Gasteiger partial charge in [0.2, 0.25) is 0 Å². The summed E-state index contributed by atoms with van der Waals surface area (Å²) in [6.07, 6.45) is 3.17. The van der Waals surface area contributed by atoms with Crippen LogP contribution in [0.4, 0.5) is 0 Å². The summed E-state index contributed by atoms with van der Waals surface area (Å²) in [5.74, 6) is 0.455. The molecule has 6 nitrogen and oxygen atoms in total. The molecule has 2 aromatic carbocycles. The van der Waals surface area contributed by atoms with E-state index in [1.165, 1.54) is 6.21 Å². The number of carbonyl (C=O) groups excluding carboxylic acids is 1. The fraction of sp³-hybridized carbons (Fsp3) is 0.0556. The van der Waals surface area contributed by atoms with E-state index in [2.05, 4.69) is 20.7 Å². The van der Waals surface area contributed by atoms with Crippen LogP contribution in [0.5, 0.6) is 5.75 Å². The van der Waals surface area contributed by atoms with Gasteiger partial charge in [0.05, 0.1) is 25.2 Å². The van der Waals surface area contributed by atoms with Crippen LogP contribution >= 0.6 is 11.6 Å². The number of aromatic nitrogens is 2. The molecule has 25 heavy (non-hydrogen) atoms. The van der Waals surface area contributed by atoms with E-state index in [1.807, 2.05) is 24.3 Å². The number of rotatable bonds is 5. The van der Waals surface area contributed by atoms with Gasteiger partial charge in [-0.25, -0.2) is 5.43 Å². The Morgan fingerprint density at radius 2 is 1.92 bits per heavy atom. The summed E-state index contributed by atoms with van der Waals surface area (Å²) >= 11 is 5.80. The molecule has 0 aliphatic carbocycles. The number of aromatic amines is 1. The Kier molecular flexibility index (Phi) is 5.11. The van der Waals surface area contributed by atoms with Crippen LogP contribution in [-0.4, -0.2) is 29.4 Å². The van der Waals surface area contributed by atoms with E-state index in [-0.39, 0.29) is 5.91 Å². The molecule has 0 bridgehead atoms. The number of ether oxygens (including phenoxy) is 1. The van der Waals surface area contributed by atoms with Crippen molar-refractivity contribution in [3.05, 3.63) is 70.9 Å². The Labute approximate surface area is 149 Å². The molecule has 0 aliphatic rings. The van der Waals surface area contributed by atoms with Crippen LogP contribution in [0.3, 0.4) is 0 Å². The summed E-state index contributed by atoms with van der Waals surface area (Å²) in [6, 6.07) is 14.1. The maximum Gasteiger partial charge on any atom is 0.271 e. The first-order chi connectivity index (χ1) is 12.2. The van der Waals surface area contributed by atoms with Gasteiger partial charge in [-0.2, -0.15) is 10.2 Å². The highest BCUT2D eigenvalue weighted by atomic mass is 35.5. The SMILES string of the molecule is COc1ccc(-c2[nH]ncc2C=NNC(=O)c2ccc(Cl)cc2)cc1. The van der Waals surface area contributed by atoms with Gasteiger partial charge in [-0.05, 0) is 48.5 Å². The molecule has 0 saturated carbocycles. The maximum atomic E-state index is 12.0. The van der Waals surface area contributed by atoms with Crippen molar-refractivity contribution in [3.63, 3.8) is 0 Å². The number of carbonyl (C=O) groups is 1. The minimum atomic E-state index is -0.317. The van der Waals surface area contributed by atoms with Crippen molar-refractivity contribution in [2.24, 2.45) is 5.10 Å². The summed E-state index contributed by atoms with van der Waals surface area (Å²) in [4.78, 5) is 12.0. The first kappa shape index (κ1) is 16.7. The summed E-state index contributed by atoms with van der Waals surface area (Å²) in [7, 11) is 1.62. The number of benzene rings is 2. The average molecular weight is 355 g/mol. The van der Waals surface area contributed by atoms with Gasteiger partial charge in [0.15, 0.2) is 0 Å². The molecule has 0 spiro atoms. The lowest BCUT2D eigenvalue weighted by Gasteiger charge is -2.03. The van der Waals surface area contributed by atoms with Gasteiger partial charge in [0.25, 0.3) is 5.91 Å². The molecule has 1 aromatic heterocycles. The van der Waals surface area contributed by atoms with Gasteiger partial charge in [-0.1, -0.05) is 11.6 Å². The van der Waals surface area contributed by atoms with Gasteiger partial charge >= 0.3 is 0 Å². The summed E-state index contributed by atoms with van der Waals surface area (Å²) in [5, 5.41) is 11.5. The van der Waals surface area contributed by atoms with E-state index in [0.29, 0.717) is 10.6 Å². The fourth-order valence-corrected chi connectivity index (χ4v) is 2.33. The van der Waals surface area contributed by atoms with E-state index < -0.39 is 0 Å². The zero-order chi connectivity index (χ0) is 17.6. The molecule has 0 atom stereocenters. The fourth-order valence-electron chi connectivity index (χ4n) is 2.21. The third-order valence-electron chi connectivity index (χ3n) is 3.52. The summed E-state index contributed by atoms with van der Waals surface area (Å²) in [6.45, 7) is 0. The molecule has 3 rings (SSSR count). The van der Waals surface area contributed by atoms with Crippen molar-refractivity contribution in [1.82, 2.24) is 15.6 Å². The molecule has 0 fully saturated rings.